The fourth-order valence-corrected chi connectivity index (χ4v) is 4.32. The standard InChI is InChI=1S/C26H34N2O6/c1-7-16(2)23(25(29)34-6)27-26(30)28-13-12-18-14-21(32-4)22(33-5)15-20(18)24(28)17-8-10-19(31-3)11-9-17/h8-11,14-16,23-24H,7,12-13H2,1-6H3,(H,27,30)/t16?,23-,24?/m0/s1. The Morgan fingerprint density at radius 2 is 1.68 bits per heavy atom. The van der Waals surface area contributed by atoms with E-state index in [1.54, 1.807) is 26.2 Å². The van der Waals surface area contributed by atoms with Crippen LogP contribution in [0, 0.1) is 5.92 Å². The van der Waals surface area contributed by atoms with Crippen LogP contribution in [0.25, 0.3) is 0 Å². The van der Waals surface area contributed by atoms with E-state index in [-0.39, 0.29) is 18.0 Å². The van der Waals surface area contributed by atoms with Gasteiger partial charge < -0.3 is 29.2 Å². The molecule has 2 aromatic rings. The second-order valence-electron chi connectivity index (χ2n) is 8.36. The Labute approximate surface area is 201 Å². The van der Waals surface area contributed by atoms with E-state index < -0.39 is 12.0 Å². The molecule has 0 saturated carbocycles. The lowest BCUT2D eigenvalue weighted by molar-refractivity contribution is -0.144. The molecule has 0 aromatic heterocycles. The molecular weight excluding hydrogens is 436 g/mol. The first-order valence-electron chi connectivity index (χ1n) is 11.4. The summed E-state index contributed by atoms with van der Waals surface area (Å²) in [4.78, 5) is 27.7. The average molecular weight is 471 g/mol. The van der Waals surface area contributed by atoms with E-state index >= 15 is 0 Å². The highest BCUT2D eigenvalue weighted by molar-refractivity contribution is 5.84. The Morgan fingerprint density at radius 1 is 1.03 bits per heavy atom. The molecule has 8 nitrogen and oxygen atoms in total. The zero-order valence-electron chi connectivity index (χ0n) is 20.7. The van der Waals surface area contributed by atoms with Gasteiger partial charge in [0.1, 0.15) is 11.8 Å². The third kappa shape index (κ3) is 5.05. The van der Waals surface area contributed by atoms with Crippen molar-refractivity contribution in [3.63, 3.8) is 0 Å². The Morgan fingerprint density at radius 3 is 2.24 bits per heavy atom. The van der Waals surface area contributed by atoms with Crippen LogP contribution in [0.4, 0.5) is 4.79 Å². The molecule has 1 aliphatic rings. The van der Waals surface area contributed by atoms with Crippen molar-refractivity contribution < 1.29 is 28.5 Å². The van der Waals surface area contributed by atoms with Crippen LogP contribution in [0.3, 0.4) is 0 Å². The number of carbonyl (C=O) groups is 2. The lowest BCUT2D eigenvalue weighted by Crippen LogP contribution is -2.53. The van der Waals surface area contributed by atoms with E-state index in [0.717, 1.165) is 28.9 Å². The molecule has 184 valence electrons. The van der Waals surface area contributed by atoms with Crippen LogP contribution in [-0.4, -0.2) is 57.9 Å². The number of urea groups is 1. The van der Waals surface area contributed by atoms with E-state index in [9.17, 15) is 9.59 Å². The molecule has 0 bridgehead atoms. The summed E-state index contributed by atoms with van der Waals surface area (Å²) in [5.74, 6) is 1.44. The van der Waals surface area contributed by atoms with Crippen LogP contribution in [0.2, 0.25) is 0 Å². The summed E-state index contributed by atoms with van der Waals surface area (Å²) in [6.07, 6.45) is 1.36. The molecule has 34 heavy (non-hydrogen) atoms. The fraction of sp³-hybridized carbons (Fsp3) is 0.462. The van der Waals surface area contributed by atoms with Gasteiger partial charge in [0, 0.05) is 6.54 Å². The molecule has 0 fully saturated rings. The first-order chi connectivity index (χ1) is 16.4. The number of esters is 1. The Kier molecular flexibility index (Phi) is 8.26. The lowest BCUT2D eigenvalue weighted by atomic mass is 9.87. The number of benzene rings is 2. The van der Waals surface area contributed by atoms with Crippen LogP contribution in [-0.2, 0) is 16.0 Å². The van der Waals surface area contributed by atoms with E-state index in [1.807, 2.05) is 50.2 Å². The second kappa shape index (κ2) is 11.1. The Bertz CT molecular complexity index is 1010. The smallest absolute Gasteiger partial charge is 0.328 e. The van der Waals surface area contributed by atoms with Gasteiger partial charge in [0.15, 0.2) is 11.5 Å². The van der Waals surface area contributed by atoms with Crippen LogP contribution in [0.15, 0.2) is 36.4 Å². The maximum Gasteiger partial charge on any atom is 0.328 e. The van der Waals surface area contributed by atoms with Gasteiger partial charge >= 0.3 is 12.0 Å². The van der Waals surface area contributed by atoms with Gasteiger partial charge in [0.2, 0.25) is 0 Å². The number of ether oxygens (including phenoxy) is 4. The Hall–Kier alpha value is -3.42. The number of hydrogen-bond donors (Lipinski definition) is 1. The van der Waals surface area contributed by atoms with Gasteiger partial charge in [-0.3, -0.25) is 0 Å². The number of nitrogens with one attached hydrogen (secondary N) is 1. The third-order valence-electron chi connectivity index (χ3n) is 6.51. The number of rotatable bonds is 8. The molecule has 2 aromatic carbocycles. The van der Waals surface area contributed by atoms with Crippen molar-refractivity contribution in [3.8, 4) is 17.2 Å². The highest BCUT2D eigenvalue weighted by Gasteiger charge is 2.36. The van der Waals surface area contributed by atoms with Gasteiger partial charge in [-0.1, -0.05) is 32.4 Å². The summed E-state index contributed by atoms with van der Waals surface area (Å²) in [6, 6.07) is 10.1. The van der Waals surface area contributed by atoms with E-state index in [2.05, 4.69) is 5.32 Å². The van der Waals surface area contributed by atoms with Crippen molar-refractivity contribution in [2.24, 2.45) is 5.92 Å². The Balaban J connectivity index is 2.05. The zero-order valence-corrected chi connectivity index (χ0v) is 20.7. The van der Waals surface area contributed by atoms with Crippen molar-refractivity contribution in [3.05, 3.63) is 53.1 Å². The molecule has 0 spiro atoms. The number of methoxy groups -OCH3 is 4. The van der Waals surface area contributed by atoms with Gasteiger partial charge in [-0.05, 0) is 53.3 Å². The molecule has 1 heterocycles. The average Bonchev–Trinajstić information content (AvgIpc) is 2.89. The minimum absolute atomic E-state index is 0.0720. The second-order valence-corrected chi connectivity index (χ2v) is 8.36. The summed E-state index contributed by atoms with van der Waals surface area (Å²) in [6.45, 7) is 4.37. The van der Waals surface area contributed by atoms with E-state index in [0.29, 0.717) is 24.5 Å². The summed E-state index contributed by atoms with van der Waals surface area (Å²) in [5.41, 5.74) is 2.94. The quantitative estimate of drug-likeness (QED) is 0.588. The van der Waals surface area contributed by atoms with Gasteiger partial charge in [-0.15, -0.1) is 0 Å². The van der Waals surface area contributed by atoms with Crippen LogP contribution in [0.1, 0.15) is 43.0 Å². The topological polar surface area (TPSA) is 86.3 Å². The summed E-state index contributed by atoms with van der Waals surface area (Å²) in [7, 11) is 6.15. The van der Waals surface area contributed by atoms with Crippen molar-refractivity contribution in [2.75, 3.05) is 35.0 Å². The number of hydrogen-bond acceptors (Lipinski definition) is 6. The summed E-state index contributed by atoms with van der Waals surface area (Å²) in [5, 5.41) is 2.92. The molecule has 0 saturated heterocycles. The van der Waals surface area contributed by atoms with Crippen molar-refractivity contribution in [2.45, 2.75) is 38.8 Å². The highest BCUT2D eigenvalue weighted by atomic mass is 16.5. The molecule has 2 unspecified atom stereocenters. The number of fused-ring (bicyclic) bond motifs is 1. The van der Waals surface area contributed by atoms with Crippen molar-refractivity contribution in [1.82, 2.24) is 10.2 Å². The summed E-state index contributed by atoms with van der Waals surface area (Å²) < 4.78 is 21.3. The van der Waals surface area contributed by atoms with E-state index in [4.69, 9.17) is 18.9 Å². The third-order valence-corrected chi connectivity index (χ3v) is 6.51. The number of nitrogens with zero attached hydrogens (tertiary/aromatic N) is 1. The lowest BCUT2D eigenvalue weighted by Gasteiger charge is -2.39. The number of amides is 2. The molecule has 1 aliphatic heterocycles. The normalized spacial score (nSPS) is 16.6. The highest BCUT2D eigenvalue weighted by Crippen LogP contribution is 2.41. The molecule has 2 amide bonds. The first kappa shape index (κ1) is 25.2. The molecule has 3 atom stereocenters. The molecule has 8 heteroatoms. The maximum atomic E-state index is 13.6. The minimum atomic E-state index is -0.731. The molecular formula is C26H34N2O6. The molecule has 1 N–H and O–H groups in total. The van der Waals surface area contributed by atoms with Crippen LogP contribution < -0.4 is 19.5 Å². The molecule has 0 radical (unpaired) electrons. The van der Waals surface area contributed by atoms with E-state index in [1.165, 1.54) is 7.11 Å². The predicted molar refractivity (Wildman–Crippen MR) is 129 cm³/mol. The fourth-order valence-electron chi connectivity index (χ4n) is 4.32. The summed E-state index contributed by atoms with van der Waals surface area (Å²) >= 11 is 0. The van der Waals surface area contributed by atoms with Gasteiger partial charge in [0.05, 0.1) is 34.5 Å². The largest absolute Gasteiger partial charge is 0.497 e. The predicted octanol–water partition coefficient (Wildman–Crippen LogP) is 3.96. The molecule has 0 aliphatic carbocycles. The van der Waals surface area contributed by atoms with Gasteiger partial charge in [-0.25, -0.2) is 9.59 Å². The van der Waals surface area contributed by atoms with Crippen molar-refractivity contribution >= 4 is 12.0 Å². The zero-order chi connectivity index (χ0) is 24.8. The van der Waals surface area contributed by atoms with Crippen LogP contribution in [0.5, 0.6) is 17.2 Å². The monoisotopic (exact) mass is 470 g/mol. The SMILES string of the molecule is CCC(C)[C@H](NC(=O)N1CCc2cc(OC)c(OC)cc2C1c1ccc(OC)cc1)C(=O)OC. The first-order valence-corrected chi connectivity index (χ1v) is 11.4. The molecule has 3 rings (SSSR count). The van der Waals surface area contributed by atoms with Crippen molar-refractivity contribution in [1.29, 1.82) is 0 Å². The van der Waals surface area contributed by atoms with Crippen LogP contribution >= 0.6 is 0 Å². The van der Waals surface area contributed by atoms with Gasteiger partial charge in [0.25, 0.3) is 0 Å². The minimum Gasteiger partial charge on any atom is -0.497 e. The number of carbonyl (C=O) groups excluding carboxylic acids is 2. The van der Waals surface area contributed by atoms with Gasteiger partial charge in [-0.2, -0.15) is 0 Å². The maximum absolute atomic E-state index is 13.6.